The molecule has 0 heterocycles. The van der Waals surface area contributed by atoms with E-state index < -0.39 is 0 Å². The predicted molar refractivity (Wildman–Crippen MR) is 62.8 cm³/mol. The number of carbonyl (C=O) groups is 1. The SMILES string of the molecule is C/C=C(/CO)C1C(C(=O)OC(C)C)C1(C)C. The van der Waals surface area contributed by atoms with Gasteiger partial charge >= 0.3 is 5.97 Å². The van der Waals surface area contributed by atoms with Crippen LogP contribution in [-0.2, 0) is 9.53 Å². The maximum atomic E-state index is 11.8. The van der Waals surface area contributed by atoms with Gasteiger partial charge in [0.25, 0.3) is 0 Å². The molecule has 1 aliphatic rings. The minimum atomic E-state index is -0.141. The molecule has 0 saturated heterocycles. The molecule has 0 aromatic rings. The summed E-state index contributed by atoms with van der Waals surface area (Å²) in [6.07, 6.45) is 1.82. The Bertz CT molecular complexity index is 302. The first kappa shape index (κ1) is 13.2. The van der Waals surface area contributed by atoms with Crippen molar-refractivity contribution in [3.8, 4) is 0 Å². The summed E-state index contributed by atoms with van der Waals surface area (Å²) in [6, 6.07) is 0. The van der Waals surface area contributed by atoms with Gasteiger partial charge in [-0.15, -0.1) is 0 Å². The van der Waals surface area contributed by atoms with Crippen molar-refractivity contribution in [2.24, 2.45) is 17.3 Å². The molecule has 0 aliphatic heterocycles. The lowest BCUT2D eigenvalue weighted by Crippen LogP contribution is -2.16. The Balaban J connectivity index is 2.74. The first-order valence-corrected chi connectivity index (χ1v) is 5.82. The van der Waals surface area contributed by atoms with E-state index in [1.54, 1.807) is 0 Å². The van der Waals surface area contributed by atoms with E-state index in [9.17, 15) is 9.90 Å². The number of carbonyl (C=O) groups excluding carboxylic acids is 1. The highest BCUT2D eigenvalue weighted by Crippen LogP contribution is 2.62. The van der Waals surface area contributed by atoms with E-state index in [1.165, 1.54) is 0 Å². The van der Waals surface area contributed by atoms with Gasteiger partial charge in [0.15, 0.2) is 0 Å². The van der Waals surface area contributed by atoms with Gasteiger partial charge in [0.1, 0.15) is 0 Å². The molecule has 1 aliphatic carbocycles. The van der Waals surface area contributed by atoms with Crippen molar-refractivity contribution < 1.29 is 14.6 Å². The van der Waals surface area contributed by atoms with Crippen LogP contribution >= 0.6 is 0 Å². The molecule has 2 atom stereocenters. The van der Waals surface area contributed by atoms with Gasteiger partial charge in [-0.2, -0.15) is 0 Å². The maximum Gasteiger partial charge on any atom is 0.310 e. The Morgan fingerprint density at radius 1 is 1.44 bits per heavy atom. The molecular weight excluding hydrogens is 204 g/mol. The van der Waals surface area contributed by atoms with Crippen molar-refractivity contribution >= 4 is 5.97 Å². The first-order valence-electron chi connectivity index (χ1n) is 5.82. The van der Waals surface area contributed by atoms with Gasteiger partial charge < -0.3 is 9.84 Å². The zero-order valence-electron chi connectivity index (χ0n) is 10.8. The Kier molecular flexibility index (Phi) is 3.79. The normalized spacial score (nSPS) is 28.1. The average Bonchev–Trinajstić information content (AvgIpc) is 2.70. The van der Waals surface area contributed by atoms with Crippen LogP contribution in [0.1, 0.15) is 34.6 Å². The quantitative estimate of drug-likeness (QED) is 0.590. The van der Waals surface area contributed by atoms with E-state index in [1.807, 2.05) is 40.7 Å². The minimum Gasteiger partial charge on any atom is -0.463 e. The van der Waals surface area contributed by atoms with Crippen LogP contribution in [0.4, 0.5) is 0 Å². The zero-order valence-corrected chi connectivity index (χ0v) is 10.8. The van der Waals surface area contributed by atoms with Crippen molar-refractivity contribution in [2.45, 2.75) is 40.7 Å². The van der Waals surface area contributed by atoms with Crippen LogP contribution in [-0.4, -0.2) is 23.8 Å². The van der Waals surface area contributed by atoms with Crippen LogP contribution in [0, 0.1) is 17.3 Å². The molecule has 0 amide bonds. The monoisotopic (exact) mass is 226 g/mol. The van der Waals surface area contributed by atoms with Crippen molar-refractivity contribution in [2.75, 3.05) is 6.61 Å². The fourth-order valence-corrected chi connectivity index (χ4v) is 2.44. The highest BCUT2D eigenvalue weighted by molar-refractivity contribution is 5.78. The van der Waals surface area contributed by atoms with Crippen molar-refractivity contribution in [1.29, 1.82) is 0 Å². The van der Waals surface area contributed by atoms with Crippen LogP contribution in [0.25, 0.3) is 0 Å². The maximum absolute atomic E-state index is 11.8. The third-order valence-corrected chi connectivity index (χ3v) is 3.39. The lowest BCUT2D eigenvalue weighted by atomic mass is 10.0. The Morgan fingerprint density at radius 2 is 2.00 bits per heavy atom. The standard InChI is InChI=1S/C13H22O3/c1-6-9(7-14)10-11(13(10,4)5)12(15)16-8(2)3/h6,8,10-11,14H,7H2,1-5H3/b9-6-. The second-order valence-corrected chi connectivity index (χ2v) is 5.28. The highest BCUT2D eigenvalue weighted by atomic mass is 16.5. The van der Waals surface area contributed by atoms with Gasteiger partial charge in [0.2, 0.25) is 0 Å². The summed E-state index contributed by atoms with van der Waals surface area (Å²) in [6.45, 7) is 9.71. The van der Waals surface area contributed by atoms with Crippen LogP contribution in [0.3, 0.4) is 0 Å². The summed E-state index contributed by atoms with van der Waals surface area (Å²) in [5.74, 6) is -0.111. The van der Waals surface area contributed by atoms with Crippen LogP contribution in [0.5, 0.6) is 0 Å². The van der Waals surface area contributed by atoms with Crippen molar-refractivity contribution in [1.82, 2.24) is 0 Å². The number of rotatable bonds is 4. The molecule has 16 heavy (non-hydrogen) atoms. The number of hydrogen-bond acceptors (Lipinski definition) is 3. The summed E-state index contributed by atoms with van der Waals surface area (Å²) >= 11 is 0. The van der Waals surface area contributed by atoms with E-state index >= 15 is 0 Å². The number of hydrogen-bond donors (Lipinski definition) is 1. The van der Waals surface area contributed by atoms with Crippen LogP contribution in [0.2, 0.25) is 0 Å². The van der Waals surface area contributed by atoms with Crippen molar-refractivity contribution in [3.63, 3.8) is 0 Å². The van der Waals surface area contributed by atoms with E-state index in [0.29, 0.717) is 0 Å². The summed E-state index contributed by atoms with van der Waals surface area (Å²) in [5.41, 5.74) is 0.854. The summed E-state index contributed by atoms with van der Waals surface area (Å²) in [4.78, 5) is 11.8. The Labute approximate surface area is 97.5 Å². The zero-order chi connectivity index (χ0) is 12.5. The molecule has 0 radical (unpaired) electrons. The Morgan fingerprint density at radius 3 is 2.38 bits per heavy atom. The number of aliphatic hydroxyl groups excluding tert-OH is 1. The number of ether oxygens (including phenoxy) is 1. The molecule has 3 heteroatoms. The van der Waals surface area contributed by atoms with E-state index in [-0.39, 0.29) is 35.9 Å². The number of aliphatic hydroxyl groups is 1. The molecule has 0 aromatic heterocycles. The van der Waals surface area contributed by atoms with Gasteiger partial charge in [-0.05, 0) is 31.8 Å². The molecule has 1 saturated carbocycles. The van der Waals surface area contributed by atoms with E-state index in [0.717, 1.165) is 5.57 Å². The molecular formula is C13H22O3. The number of esters is 1. The smallest absolute Gasteiger partial charge is 0.310 e. The molecule has 1 N–H and O–H groups in total. The first-order chi connectivity index (χ1) is 7.36. The van der Waals surface area contributed by atoms with Gasteiger partial charge in [-0.1, -0.05) is 19.9 Å². The third kappa shape index (κ3) is 2.29. The second-order valence-electron chi connectivity index (χ2n) is 5.28. The van der Waals surface area contributed by atoms with Crippen LogP contribution < -0.4 is 0 Å². The minimum absolute atomic E-state index is 0.0239. The lowest BCUT2D eigenvalue weighted by molar-refractivity contribution is -0.150. The van der Waals surface area contributed by atoms with Crippen LogP contribution in [0.15, 0.2) is 11.6 Å². The highest BCUT2D eigenvalue weighted by Gasteiger charge is 2.63. The molecule has 2 unspecified atom stereocenters. The third-order valence-electron chi connectivity index (χ3n) is 3.39. The molecule has 92 valence electrons. The summed E-state index contributed by atoms with van der Waals surface area (Å²) < 4.78 is 5.23. The van der Waals surface area contributed by atoms with Gasteiger partial charge in [-0.25, -0.2) is 0 Å². The summed E-state index contributed by atoms with van der Waals surface area (Å²) in [5, 5.41) is 9.23. The fraction of sp³-hybridized carbons (Fsp3) is 0.769. The Hall–Kier alpha value is -0.830. The molecule has 0 bridgehead atoms. The largest absolute Gasteiger partial charge is 0.463 e. The second kappa shape index (κ2) is 4.58. The molecule has 3 nitrogen and oxygen atoms in total. The molecule has 0 aromatic carbocycles. The predicted octanol–water partition coefficient (Wildman–Crippen LogP) is 2.15. The van der Waals surface area contributed by atoms with E-state index in [4.69, 9.17) is 4.74 Å². The van der Waals surface area contributed by atoms with Gasteiger partial charge in [-0.3, -0.25) is 4.79 Å². The summed E-state index contributed by atoms with van der Waals surface area (Å²) in [7, 11) is 0. The average molecular weight is 226 g/mol. The molecule has 1 rings (SSSR count). The fourth-order valence-electron chi connectivity index (χ4n) is 2.44. The lowest BCUT2D eigenvalue weighted by Gasteiger charge is -2.08. The van der Waals surface area contributed by atoms with Crippen molar-refractivity contribution in [3.05, 3.63) is 11.6 Å². The van der Waals surface area contributed by atoms with Gasteiger partial charge in [0, 0.05) is 5.92 Å². The van der Waals surface area contributed by atoms with E-state index in [2.05, 4.69) is 0 Å². The topological polar surface area (TPSA) is 46.5 Å². The number of allylic oxidation sites excluding steroid dienone is 1. The molecule has 0 spiro atoms. The molecule has 1 fully saturated rings. The van der Waals surface area contributed by atoms with Gasteiger partial charge in [0.05, 0.1) is 18.6 Å².